The Morgan fingerprint density at radius 1 is 1.56 bits per heavy atom. The Hall–Kier alpha value is -0.980. The molecule has 1 heterocycles. The second kappa shape index (κ2) is 6.82. The summed E-state index contributed by atoms with van der Waals surface area (Å²) in [5, 5.41) is 5.43. The Balaban J connectivity index is 2.68. The minimum atomic E-state index is -0.172. The third-order valence-electron chi connectivity index (χ3n) is 2.61. The normalized spacial score (nSPS) is 14.6. The molecule has 102 valence electrons. The zero-order valence-corrected chi connectivity index (χ0v) is 12.1. The van der Waals surface area contributed by atoms with E-state index in [1.165, 1.54) is 11.3 Å². The van der Waals surface area contributed by atoms with Gasteiger partial charge in [-0.1, -0.05) is 13.8 Å². The predicted molar refractivity (Wildman–Crippen MR) is 72.7 cm³/mol. The molecule has 3 N–H and O–H groups in total. The average molecular weight is 271 g/mol. The third kappa shape index (κ3) is 4.04. The van der Waals surface area contributed by atoms with Crippen molar-refractivity contribution in [2.45, 2.75) is 32.9 Å². The molecule has 0 aromatic carbocycles. The summed E-state index contributed by atoms with van der Waals surface area (Å²) in [4.78, 5) is 16.2. The molecule has 1 amide bonds. The van der Waals surface area contributed by atoms with Crippen LogP contribution in [0.25, 0.3) is 0 Å². The number of thiazole rings is 1. The molecule has 1 aromatic heterocycles. The van der Waals surface area contributed by atoms with Gasteiger partial charge in [-0.3, -0.25) is 4.79 Å². The van der Waals surface area contributed by atoms with E-state index >= 15 is 0 Å². The molecule has 1 aromatic rings. The zero-order valence-electron chi connectivity index (χ0n) is 11.3. The van der Waals surface area contributed by atoms with E-state index in [0.717, 1.165) is 5.01 Å². The summed E-state index contributed by atoms with van der Waals surface area (Å²) in [5.41, 5.74) is 6.15. The van der Waals surface area contributed by atoms with E-state index in [4.69, 9.17) is 10.5 Å². The van der Waals surface area contributed by atoms with Gasteiger partial charge in [0.15, 0.2) is 0 Å². The van der Waals surface area contributed by atoms with Crippen LogP contribution in [0.4, 0.5) is 0 Å². The van der Waals surface area contributed by atoms with Crippen molar-refractivity contribution in [3.8, 4) is 0 Å². The number of carbonyl (C=O) groups is 1. The van der Waals surface area contributed by atoms with Crippen LogP contribution in [0.1, 0.15) is 42.3 Å². The summed E-state index contributed by atoms with van der Waals surface area (Å²) in [6.07, 6.45) is 0. The van der Waals surface area contributed by atoms with Crippen molar-refractivity contribution in [1.29, 1.82) is 0 Å². The lowest BCUT2D eigenvalue weighted by Crippen LogP contribution is -2.41. The van der Waals surface area contributed by atoms with Crippen LogP contribution in [0.15, 0.2) is 5.38 Å². The van der Waals surface area contributed by atoms with Gasteiger partial charge in [0, 0.05) is 12.5 Å². The number of hydrogen-bond acceptors (Lipinski definition) is 5. The lowest BCUT2D eigenvalue weighted by atomic mass is 10.1. The summed E-state index contributed by atoms with van der Waals surface area (Å²) in [6.45, 7) is 6.42. The highest BCUT2D eigenvalue weighted by Crippen LogP contribution is 2.16. The van der Waals surface area contributed by atoms with Crippen molar-refractivity contribution < 1.29 is 9.53 Å². The van der Waals surface area contributed by atoms with Crippen LogP contribution in [0.3, 0.4) is 0 Å². The highest BCUT2D eigenvalue weighted by molar-refractivity contribution is 7.09. The molecule has 0 spiro atoms. The number of amides is 1. The van der Waals surface area contributed by atoms with Gasteiger partial charge in [-0.05, 0) is 12.8 Å². The average Bonchev–Trinajstić information content (AvgIpc) is 2.77. The van der Waals surface area contributed by atoms with Crippen LogP contribution in [0, 0.1) is 5.92 Å². The largest absolute Gasteiger partial charge is 0.383 e. The number of hydrogen-bond donors (Lipinski definition) is 2. The van der Waals surface area contributed by atoms with E-state index in [0.29, 0.717) is 18.2 Å². The third-order valence-corrected chi connectivity index (χ3v) is 3.66. The molecule has 0 saturated carbocycles. The van der Waals surface area contributed by atoms with Crippen LogP contribution in [0.2, 0.25) is 0 Å². The molecule has 1 rings (SSSR count). The maximum absolute atomic E-state index is 12.0. The van der Waals surface area contributed by atoms with Crippen molar-refractivity contribution in [2.24, 2.45) is 11.7 Å². The van der Waals surface area contributed by atoms with E-state index < -0.39 is 0 Å². The number of nitrogens with zero attached hydrogens (tertiary/aromatic N) is 1. The van der Waals surface area contributed by atoms with Gasteiger partial charge < -0.3 is 15.8 Å². The second-order valence-corrected chi connectivity index (χ2v) is 5.53. The van der Waals surface area contributed by atoms with Crippen molar-refractivity contribution in [3.63, 3.8) is 0 Å². The summed E-state index contributed by atoms with van der Waals surface area (Å²) in [7, 11) is 1.62. The molecule has 0 saturated heterocycles. The molecule has 6 heteroatoms. The number of aromatic nitrogens is 1. The highest BCUT2D eigenvalue weighted by Gasteiger charge is 2.19. The lowest BCUT2D eigenvalue weighted by molar-refractivity contribution is 0.0862. The van der Waals surface area contributed by atoms with Crippen LogP contribution >= 0.6 is 11.3 Å². The van der Waals surface area contributed by atoms with Gasteiger partial charge in [0.05, 0.1) is 18.7 Å². The summed E-state index contributed by atoms with van der Waals surface area (Å²) >= 11 is 1.41. The van der Waals surface area contributed by atoms with Crippen LogP contribution < -0.4 is 11.1 Å². The quantitative estimate of drug-likeness (QED) is 0.823. The Kier molecular flexibility index (Phi) is 5.71. The van der Waals surface area contributed by atoms with Crippen molar-refractivity contribution in [1.82, 2.24) is 10.3 Å². The molecule has 2 atom stereocenters. The Morgan fingerprint density at radius 2 is 2.22 bits per heavy atom. The molecule has 0 bridgehead atoms. The van der Waals surface area contributed by atoms with E-state index in [1.807, 2.05) is 20.8 Å². The molecule has 0 aliphatic carbocycles. The number of methoxy groups -OCH3 is 1. The van der Waals surface area contributed by atoms with Gasteiger partial charge in [0.1, 0.15) is 10.7 Å². The van der Waals surface area contributed by atoms with E-state index in [9.17, 15) is 4.79 Å². The maximum atomic E-state index is 12.0. The van der Waals surface area contributed by atoms with Gasteiger partial charge in [0.25, 0.3) is 5.91 Å². The standard InChI is InChI=1S/C12H21N3O2S/c1-7(2)9(5-17-4)14-11(16)10-6-18-12(15-10)8(3)13/h6-9H,5,13H2,1-4H3,(H,14,16). The van der Waals surface area contributed by atoms with Gasteiger partial charge >= 0.3 is 0 Å². The predicted octanol–water partition coefficient (Wildman–Crippen LogP) is 1.56. The topological polar surface area (TPSA) is 77.2 Å². The lowest BCUT2D eigenvalue weighted by Gasteiger charge is -2.20. The number of rotatable bonds is 6. The maximum Gasteiger partial charge on any atom is 0.271 e. The molecular weight excluding hydrogens is 250 g/mol. The van der Waals surface area contributed by atoms with Gasteiger partial charge in [-0.15, -0.1) is 11.3 Å². The van der Waals surface area contributed by atoms with E-state index in [-0.39, 0.29) is 18.0 Å². The summed E-state index contributed by atoms with van der Waals surface area (Å²) < 4.78 is 5.09. The SMILES string of the molecule is COCC(NC(=O)c1csc(C(C)N)n1)C(C)C. The Morgan fingerprint density at radius 3 is 2.67 bits per heavy atom. The Bertz CT molecular complexity index is 390. The van der Waals surface area contributed by atoms with Crippen LogP contribution in [-0.4, -0.2) is 30.6 Å². The molecule has 0 aliphatic rings. The van der Waals surface area contributed by atoms with Crippen LogP contribution in [-0.2, 0) is 4.74 Å². The van der Waals surface area contributed by atoms with Crippen molar-refractivity contribution in [3.05, 3.63) is 16.1 Å². The van der Waals surface area contributed by atoms with Crippen molar-refractivity contribution >= 4 is 17.2 Å². The van der Waals surface area contributed by atoms with Gasteiger partial charge in [-0.25, -0.2) is 4.98 Å². The molecule has 0 aliphatic heterocycles. The highest BCUT2D eigenvalue weighted by atomic mass is 32.1. The van der Waals surface area contributed by atoms with Gasteiger partial charge in [0.2, 0.25) is 0 Å². The first kappa shape index (κ1) is 15.1. The minimum Gasteiger partial charge on any atom is -0.383 e. The monoisotopic (exact) mass is 271 g/mol. The van der Waals surface area contributed by atoms with Crippen molar-refractivity contribution in [2.75, 3.05) is 13.7 Å². The first-order valence-corrected chi connectivity index (χ1v) is 6.84. The molecule has 2 unspecified atom stereocenters. The minimum absolute atomic E-state index is 0.0112. The molecule has 5 nitrogen and oxygen atoms in total. The fourth-order valence-corrected chi connectivity index (χ4v) is 2.18. The first-order valence-electron chi connectivity index (χ1n) is 5.96. The zero-order chi connectivity index (χ0) is 13.7. The second-order valence-electron chi connectivity index (χ2n) is 4.64. The van der Waals surface area contributed by atoms with Gasteiger partial charge in [-0.2, -0.15) is 0 Å². The number of nitrogens with two attached hydrogens (primary N) is 1. The first-order chi connectivity index (χ1) is 8.45. The van der Waals surface area contributed by atoms with E-state index in [1.54, 1.807) is 12.5 Å². The number of carbonyl (C=O) groups excluding carboxylic acids is 1. The fraction of sp³-hybridized carbons (Fsp3) is 0.667. The summed E-state index contributed by atoms with van der Waals surface area (Å²) in [5.74, 6) is 0.134. The number of nitrogens with one attached hydrogen (secondary N) is 1. The summed E-state index contributed by atoms with van der Waals surface area (Å²) in [6, 6.07) is -0.153. The molecule has 0 radical (unpaired) electrons. The number of ether oxygens (including phenoxy) is 1. The Labute approximate surface area is 112 Å². The molecule has 0 fully saturated rings. The van der Waals surface area contributed by atoms with Crippen LogP contribution in [0.5, 0.6) is 0 Å². The molecule has 18 heavy (non-hydrogen) atoms. The molecular formula is C12H21N3O2S. The smallest absolute Gasteiger partial charge is 0.271 e. The fourth-order valence-electron chi connectivity index (χ4n) is 1.42. The van der Waals surface area contributed by atoms with E-state index in [2.05, 4.69) is 10.3 Å².